The highest BCUT2D eigenvalue weighted by Gasteiger charge is 2.19. The quantitative estimate of drug-likeness (QED) is 0.778. The lowest BCUT2D eigenvalue weighted by Crippen LogP contribution is -2.32. The van der Waals surface area contributed by atoms with Crippen LogP contribution in [0.15, 0.2) is 18.2 Å². The minimum absolute atomic E-state index is 0.0628. The maximum absolute atomic E-state index is 13.9. The number of para-hydroxylation sites is 1. The highest BCUT2D eigenvalue weighted by atomic mass is 19.1. The fourth-order valence-electron chi connectivity index (χ4n) is 1.75. The third-order valence-corrected chi connectivity index (χ3v) is 2.66. The molecule has 0 aliphatic heterocycles. The zero-order valence-electron chi connectivity index (χ0n) is 11.1. The Hall–Kier alpha value is -1.66. The molecule has 0 saturated heterocycles. The van der Waals surface area contributed by atoms with Gasteiger partial charge in [-0.15, -0.1) is 0 Å². The Morgan fingerprint density at radius 1 is 1.26 bits per heavy atom. The van der Waals surface area contributed by atoms with Gasteiger partial charge in [-0.1, -0.05) is 6.07 Å². The van der Waals surface area contributed by atoms with Crippen molar-refractivity contribution in [1.82, 2.24) is 0 Å². The van der Waals surface area contributed by atoms with Gasteiger partial charge in [-0.25, -0.2) is 9.18 Å². The fourth-order valence-corrected chi connectivity index (χ4v) is 1.75. The van der Waals surface area contributed by atoms with Crippen LogP contribution in [0.25, 0.3) is 0 Å². The lowest BCUT2D eigenvalue weighted by molar-refractivity contribution is 0.0696. The molecule has 106 valence electrons. The van der Waals surface area contributed by atoms with Crippen LogP contribution in [-0.2, 0) is 9.47 Å². The average molecular weight is 271 g/mol. The molecule has 0 saturated carbocycles. The van der Waals surface area contributed by atoms with Crippen LogP contribution in [0.1, 0.15) is 10.4 Å². The van der Waals surface area contributed by atoms with Gasteiger partial charge in [-0.3, -0.25) is 0 Å². The fraction of sp³-hybridized carbons (Fsp3) is 0.462. The number of carboxylic acids is 1. The van der Waals surface area contributed by atoms with Crippen molar-refractivity contribution < 1.29 is 23.8 Å². The van der Waals surface area contributed by atoms with Crippen LogP contribution < -0.4 is 4.90 Å². The Kier molecular flexibility index (Phi) is 6.24. The second-order valence-corrected chi connectivity index (χ2v) is 3.91. The van der Waals surface area contributed by atoms with Gasteiger partial charge in [-0.2, -0.15) is 0 Å². The number of carboxylic acid groups (broad SMARTS) is 1. The summed E-state index contributed by atoms with van der Waals surface area (Å²) in [5.41, 5.74) is 0.0105. The topological polar surface area (TPSA) is 59.0 Å². The molecule has 1 aromatic rings. The molecular formula is C13H18FNO4. The van der Waals surface area contributed by atoms with Crippen molar-refractivity contribution in [3.63, 3.8) is 0 Å². The summed E-state index contributed by atoms with van der Waals surface area (Å²) in [5.74, 6) is -1.72. The van der Waals surface area contributed by atoms with Crippen LogP contribution in [0.2, 0.25) is 0 Å². The number of methoxy groups -OCH3 is 2. The maximum atomic E-state index is 13.9. The van der Waals surface area contributed by atoms with Crippen LogP contribution in [0.3, 0.4) is 0 Å². The number of ether oxygens (including phenoxy) is 2. The van der Waals surface area contributed by atoms with Gasteiger partial charge in [0.2, 0.25) is 0 Å². The van der Waals surface area contributed by atoms with E-state index in [0.29, 0.717) is 26.3 Å². The van der Waals surface area contributed by atoms with E-state index in [1.807, 2.05) is 0 Å². The summed E-state index contributed by atoms with van der Waals surface area (Å²) in [7, 11) is 3.07. The SMILES string of the molecule is COCCN(CCOC)c1c(F)cccc1C(=O)O. The summed E-state index contributed by atoms with van der Waals surface area (Å²) in [6.07, 6.45) is 0. The van der Waals surface area contributed by atoms with E-state index in [9.17, 15) is 9.18 Å². The number of aromatic carboxylic acids is 1. The van der Waals surface area contributed by atoms with Gasteiger partial charge in [-0.05, 0) is 12.1 Å². The zero-order valence-corrected chi connectivity index (χ0v) is 11.1. The van der Waals surface area contributed by atoms with Crippen molar-refractivity contribution in [2.75, 3.05) is 45.4 Å². The molecule has 0 radical (unpaired) electrons. The van der Waals surface area contributed by atoms with Crippen molar-refractivity contribution >= 4 is 11.7 Å². The summed E-state index contributed by atoms with van der Waals surface area (Å²) in [5, 5.41) is 9.13. The summed E-state index contributed by atoms with van der Waals surface area (Å²) >= 11 is 0. The summed E-state index contributed by atoms with van der Waals surface area (Å²) in [4.78, 5) is 12.8. The lowest BCUT2D eigenvalue weighted by atomic mass is 10.1. The van der Waals surface area contributed by atoms with E-state index in [1.54, 1.807) is 4.90 Å². The molecule has 0 unspecified atom stereocenters. The molecule has 6 heteroatoms. The highest BCUT2D eigenvalue weighted by Crippen LogP contribution is 2.24. The zero-order chi connectivity index (χ0) is 14.3. The van der Waals surface area contributed by atoms with E-state index in [4.69, 9.17) is 14.6 Å². The first-order chi connectivity index (χ1) is 9.11. The first kappa shape index (κ1) is 15.4. The lowest BCUT2D eigenvalue weighted by Gasteiger charge is -2.26. The second-order valence-electron chi connectivity index (χ2n) is 3.91. The summed E-state index contributed by atoms with van der Waals surface area (Å²) in [6, 6.07) is 4.01. The largest absolute Gasteiger partial charge is 0.478 e. The van der Waals surface area contributed by atoms with Crippen molar-refractivity contribution in [2.24, 2.45) is 0 Å². The van der Waals surface area contributed by atoms with E-state index in [2.05, 4.69) is 0 Å². The van der Waals surface area contributed by atoms with Gasteiger partial charge in [0.1, 0.15) is 5.82 Å². The predicted molar refractivity (Wildman–Crippen MR) is 69.3 cm³/mol. The minimum atomic E-state index is -1.16. The van der Waals surface area contributed by atoms with Crippen LogP contribution >= 0.6 is 0 Å². The molecule has 1 aromatic carbocycles. The predicted octanol–water partition coefficient (Wildman–Crippen LogP) is 1.62. The monoisotopic (exact) mass is 271 g/mol. The molecule has 0 heterocycles. The van der Waals surface area contributed by atoms with Gasteiger partial charge < -0.3 is 19.5 Å². The van der Waals surface area contributed by atoms with Crippen LogP contribution in [-0.4, -0.2) is 51.6 Å². The number of rotatable bonds is 8. The Morgan fingerprint density at radius 2 is 1.84 bits per heavy atom. The number of hydrogen-bond acceptors (Lipinski definition) is 4. The third kappa shape index (κ3) is 4.18. The van der Waals surface area contributed by atoms with Gasteiger partial charge in [0.25, 0.3) is 0 Å². The number of nitrogens with zero attached hydrogens (tertiary/aromatic N) is 1. The molecule has 0 fully saturated rings. The highest BCUT2D eigenvalue weighted by molar-refractivity contribution is 5.94. The number of benzene rings is 1. The standard InChI is InChI=1S/C13H18FNO4/c1-18-8-6-15(7-9-19-2)12-10(13(16)17)4-3-5-11(12)14/h3-5H,6-9H2,1-2H3,(H,16,17). The van der Waals surface area contributed by atoms with E-state index < -0.39 is 11.8 Å². The second kappa shape index (κ2) is 7.70. The van der Waals surface area contributed by atoms with Crippen LogP contribution in [0.5, 0.6) is 0 Å². The summed E-state index contributed by atoms with van der Waals surface area (Å²) < 4.78 is 23.9. The Labute approximate surface area is 111 Å². The number of carbonyl (C=O) groups is 1. The first-order valence-electron chi connectivity index (χ1n) is 5.86. The van der Waals surface area contributed by atoms with E-state index >= 15 is 0 Å². The molecule has 1 N–H and O–H groups in total. The molecule has 5 nitrogen and oxygen atoms in total. The van der Waals surface area contributed by atoms with Crippen LogP contribution in [0, 0.1) is 5.82 Å². The third-order valence-electron chi connectivity index (χ3n) is 2.66. The molecule has 19 heavy (non-hydrogen) atoms. The van der Waals surface area contributed by atoms with Gasteiger partial charge in [0.05, 0.1) is 24.5 Å². The molecular weight excluding hydrogens is 253 g/mol. The van der Waals surface area contributed by atoms with Crippen LogP contribution in [0.4, 0.5) is 10.1 Å². The van der Waals surface area contributed by atoms with Gasteiger partial charge >= 0.3 is 5.97 Å². The molecule has 0 amide bonds. The number of hydrogen-bond donors (Lipinski definition) is 1. The molecule has 0 aromatic heterocycles. The van der Waals surface area contributed by atoms with Crippen molar-refractivity contribution in [3.8, 4) is 0 Å². The van der Waals surface area contributed by atoms with E-state index in [1.165, 1.54) is 32.4 Å². The number of anilines is 1. The normalized spacial score (nSPS) is 10.5. The van der Waals surface area contributed by atoms with Gasteiger partial charge in [0, 0.05) is 27.3 Å². The van der Waals surface area contributed by atoms with Crippen molar-refractivity contribution in [2.45, 2.75) is 0 Å². The smallest absolute Gasteiger partial charge is 0.337 e. The molecule has 0 spiro atoms. The average Bonchev–Trinajstić information content (AvgIpc) is 2.39. The molecule has 0 atom stereocenters. The molecule has 0 bridgehead atoms. The summed E-state index contributed by atoms with van der Waals surface area (Å²) in [6.45, 7) is 1.52. The molecule has 0 aliphatic carbocycles. The van der Waals surface area contributed by atoms with Gasteiger partial charge in [0.15, 0.2) is 0 Å². The Balaban J connectivity index is 3.08. The Morgan fingerprint density at radius 3 is 2.32 bits per heavy atom. The minimum Gasteiger partial charge on any atom is -0.478 e. The van der Waals surface area contributed by atoms with E-state index in [-0.39, 0.29) is 11.3 Å². The van der Waals surface area contributed by atoms with Crippen molar-refractivity contribution in [3.05, 3.63) is 29.6 Å². The molecule has 1 rings (SSSR count). The first-order valence-corrected chi connectivity index (χ1v) is 5.86. The Bertz CT molecular complexity index is 417. The maximum Gasteiger partial charge on any atom is 0.337 e. The number of halogens is 1. The van der Waals surface area contributed by atoms with Crippen molar-refractivity contribution in [1.29, 1.82) is 0 Å². The van der Waals surface area contributed by atoms with E-state index in [0.717, 1.165) is 0 Å². The molecule has 0 aliphatic rings.